The quantitative estimate of drug-likeness (QED) is 0.794. The van der Waals surface area contributed by atoms with Gasteiger partial charge in [0, 0.05) is 11.4 Å². The summed E-state index contributed by atoms with van der Waals surface area (Å²) in [5, 5.41) is 16.4. The topological polar surface area (TPSA) is 55.6 Å². The Morgan fingerprint density at radius 2 is 2.20 bits per heavy atom. The summed E-state index contributed by atoms with van der Waals surface area (Å²) in [6, 6.07) is 8.96. The van der Waals surface area contributed by atoms with Crippen LogP contribution >= 0.6 is 11.8 Å². The lowest BCUT2D eigenvalue weighted by molar-refractivity contribution is 0.565. The molecule has 1 aliphatic rings. The number of benzene rings is 1. The molecule has 2 aromatic rings. The van der Waals surface area contributed by atoms with Crippen molar-refractivity contribution in [1.82, 2.24) is 25.5 Å². The average Bonchev–Trinajstić information content (AvgIpc) is 3.21. The first-order chi connectivity index (χ1) is 9.88. The zero-order chi connectivity index (χ0) is 13.8. The van der Waals surface area contributed by atoms with Crippen molar-refractivity contribution >= 4 is 11.8 Å². The Morgan fingerprint density at radius 3 is 3.00 bits per heavy atom. The molecule has 0 atom stereocenters. The average molecular weight is 289 g/mol. The molecule has 0 aliphatic heterocycles. The second-order valence-corrected chi connectivity index (χ2v) is 6.03. The van der Waals surface area contributed by atoms with Crippen molar-refractivity contribution in [2.45, 2.75) is 48.8 Å². The van der Waals surface area contributed by atoms with Gasteiger partial charge < -0.3 is 5.32 Å². The minimum atomic E-state index is 0.512. The molecule has 1 aliphatic carbocycles. The Balaban J connectivity index is 1.74. The van der Waals surface area contributed by atoms with Gasteiger partial charge in [0.25, 0.3) is 0 Å². The highest BCUT2D eigenvalue weighted by Gasteiger charge is 2.28. The van der Waals surface area contributed by atoms with E-state index in [2.05, 4.69) is 52.0 Å². The van der Waals surface area contributed by atoms with Crippen molar-refractivity contribution in [1.29, 1.82) is 0 Å². The Kier molecular flexibility index (Phi) is 4.32. The zero-order valence-corrected chi connectivity index (χ0v) is 12.4. The Labute approximate surface area is 123 Å². The number of tetrazole rings is 1. The molecule has 1 saturated carbocycles. The first-order valence-electron chi connectivity index (χ1n) is 7.13. The summed E-state index contributed by atoms with van der Waals surface area (Å²) in [7, 11) is 0. The molecule has 1 fully saturated rings. The molecule has 0 saturated heterocycles. The summed E-state index contributed by atoms with van der Waals surface area (Å²) < 4.78 is 1.96. The van der Waals surface area contributed by atoms with E-state index in [-0.39, 0.29) is 0 Å². The predicted octanol–water partition coefficient (Wildman–Crippen LogP) is 2.66. The number of rotatable bonds is 7. The lowest BCUT2D eigenvalue weighted by atomic mass is 10.2. The number of nitrogens with one attached hydrogen (secondary N) is 1. The predicted molar refractivity (Wildman–Crippen MR) is 78.7 cm³/mol. The highest BCUT2D eigenvalue weighted by atomic mass is 32.2. The van der Waals surface area contributed by atoms with Gasteiger partial charge in [-0.05, 0) is 59.6 Å². The van der Waals surface area contributed by atoms with Crippen LogP contribution in [0.1, 0.15) is 37.8 Å². The van der Waals surface area contributed by atoms with Crippen molar-refractivity contribution in [2.24, 2.45) is 0 Å². The van der Waals surface area contributed by atoms with Gasteiger partial charge in [-0.25, -0.2) is 4.68 Å². The van der Waals surface area contributed by atoms with E-state index in [1.807, 2.05) is 4.68 Å². The lowest BCUT2D eigenvalue weighted by Crippen LogP contribution is -2.14. The first kappa shape index (κ1) is 13.6. The van der Waals surface area contributed by atoms with Crippen LogP contribution in [0.15, 0.2) is 34.3 Å². The third-order valence-electron chi connectivity index (χ3n) is 3.27. The van der Waals surface area contributed by atoms with E-state index in [0.29, 0.717) is 6.04 Å². The highest BCUT2D eigenvalue weighted by Crippen LogP contribution is 2.38. The molecule has 6 heteroatoms. The number of hydrogen-bond acceptors (Lipinski definition) is 5. The fourth-order valence-corrected chi connectivity index (χ4v) is 3.02. The van der Waals surface area contributed by atoms with E-state index in [9.17, 15) is 0 Å². The molecule has 0 bridgehead atoms. The summed E-state index contributed by atoms with van der Waals surface area (Å²) in [6.07, 6.45) is 3.53. The number of hydrogen-bond donors (Lipinski definition) is 1. The van der Waals surface area contributed by atoms with Crippen LogP contribution in [0.3, 0.4) is 0 Å². The summed E-state index contributed by atoms with van der Waals surface area (Å²) in [4.78, 5) is 1.23. The fourth-order valence-electron chi connectivity index (χ4n) is 2.05. The standard InChI is InChI=1S/C14H19N5S/c1-2-9-15-10-11-5-3-4-6-13(11)20-14-16-17-18-19(14)12-7-8-12/h3-6,12,15H,2,7-10H2,1H3. The van der Waals surface area contributed by atoms with Gasteiger partial charge >= 0.3 is 0 Å². The van der Waals surface area contributed by atoms with Gasteiger partial charge in [0.2, 0.25) is 5.16 Å². The fraction of sp³-hybridized carbons (Fsp3) is 0.500. The summed E-state index contributed by atoms with van der Waals surface area (Å²) in [5.41, 5.74) is 1.30. The van der Waals surface area contributed by atoms with E-state index in [0.717, 1.165) is 24.7 Å². The van der Waals surface area contributed by atoms with Crippen LogP contribution in [-0.4, -0.2) is 26.8 Å². The van der Waals surface area contributed by atoms with E-state index in [1.165, 1.54) is 23.3 Å². The summed E-state index contributed by atoms with van der Waals surface area (Å²) in [6.45, 7) is 4.11. The van der Waals surface area contributed by atoms with Crippen LogP contribution in [0.2, 0.25) is 0 Å². The van der Waals surface area contributed by atoms with Crippen molar-refractivity contribution in [3.63, 3.8) is 0 Å². The molecule has 0 amide bonds. The van der Waals surface area contributed by atoms with Gasteiger partial charge in [0.15, 0.2) is 0 Å². The van der Waals surface area contributed by atoms with Gasteiger partial charge in [0.05, 0.1) is 6.04 Å². The van der Waals surface area contributed by atoms with Crippen LogP contribution in [0, 0.1) is 0 Å². The van der Waals surface area contributed by atoms with E-state index in [4.69, 9.17) is 0 Å². The van der Waals surface area contributed by atoms with E-state index >= 15 is 0 Å². The van der Waals surface area contributed by atoms with Gasteiger partial charge in [-0.2, -0.15) is 0 Å². The smallest absolute Gasteiger partial charge is 0.214 e. The summed E-state index contributed by atoms with van der Waals surface area (Å²) in [5.74, 6) is 0. The maximum Gasteiger partial charge on any atom is 0.214 e. The number of aromatic nitrogens is 4. The third-order valence-corrected chi connectivity index (χ3v) is 4.34. The molecule has 1 N–H and O–H groups in total. The minimum absolute atomic E-state index is 0.512. The van der Waals surface area contributed by atoms with Gasteiger partial charge in [0.1, 0.15) is 0 Å². The van der Waals surface area contributed by atoms with Crippen molar-refractivity contribution < 1.29 is 0 Å². The molecule has 5 nitrogen and oxygen atoms in total. The van der Waals surface area contributed by atoms with Gasteiger partial charge in [-0.1, -0.05) is 25.1 Å². The maximum absolute atomic E-state index is 4.15. The van der Waals surface area contributed by atoms with Crippen LogP contribution in [0.4, 0.5) is 0 Å². The first-order valence-corrected chi connectivity index (χ1v) is 7.94. The van der Waals surface area contributed by atoms with Crippen molar-refractivity contribution in [3.05, 3.63) is 29.8 Å². The Morgan fingerprint density at radius 1 is 1.35 bits per heavy atom. The van der Waals surface area contributed by atoms with Crippen molar-refractivity contribution in [2.75, 3.05) is 6.54 Å². The lowest BCUT2D eigenvalue weighted by Gasteiger charge is -2.09. The van der Waals surface area contributed by atoms with E-state index in [1.54, 1.807) is 11.8 Å². The molecule has 20 heavy (non-hydrogen) atoms. The molecule has 1 aromatic heterocycles. The molecule has 3 rings (SSSR count). The zero-order valence-electron chi connectivity index (χ0n) is 11.6. The van der Waals surface area contributed by atoms with Crippen LogP contribution in [-0.2, 0) is 6.54 Å². The molecular formula is C14H19N5S. The van der Waals surface area contributed by atoms with Gasteiger partial charge in [-0.15, -0.1) is 5.10 Å². The third kappa shape index (κ3) is 3.19. The van der Waals surface area contributed by atoms with Gasteiger partial charge in [-0.3, -0.25) is 0 Å². The molecule has 106 valence electrons. The second kappa shape index (κ2) is 6.37. The van der Waals surface area contributed by atoms with E-state index < -0.39 is 0 Å². The van der Waals surface area contributed by atoms with Crippen LogP contribution < -0.4 is 5.32 Å². The molecule has 1 aromatic carbocycles. The summed E-state index contributed by atoms with van der Waals surface area (Å²) >= 11 is 1.66. The highest BCUT2D eigenvalue weighted by molar-refractivity contribution is 7.99. The second-order valence-electron chi connectivity index (χ2n) is 5.02. The molecule has 0 spiro atoms. The molecule has 1 heterocycles. The van der Waals surface area contributed by atoms with Crippen LogP contribution in [0.5, 0.6) is 0 Å². The minimum Gasteiger partial charge on any atom is -0.313 e. The Hall–Kier alpha value is -1.40. The normalized spacial score (nSPS) is 14.7. The van der Waals surface area contributed by atoms with Crippen LogP contribution in [0.25, 0.3) is 0 Å². The molecule has 0 radical (unpaired) electrons. The molecular weight excluding hydrogens is 270 g/mol. The maximum atomic E-state index is 4.15. The number of nitrogens with zero attached hydrogens (tertiary/aromatic N) is 4. The SMILES string of the molecule is CCCNCc1ccccc1Sc1nnnn1C1CC1. The monoisotopic (exact) mass is 289 g/mol. The molecule has 0 unspecified atom stereocenters. The largest absolute Gasteiger partial charge is 0.313 e. The van der Waals surface area contributed by atoms with Crippen molar-refractivity contribution in [3.8, 4) is 0 Å². The Bertz CT molecular complexity index is 564.